The molecular formula is C19H17NO. The van der Waals surface area contributed by atoms with Crippen molar-refractivity contribution in [2.45, 2.75) is 31.3 Å². The number of nitrogens with zero attached hydrogens (tertiary/aromatic N) is 1. The lowest BCUT2D eigenvalue weighted by molar-refractivity contribution is 0.111. The van der Waals surface area contributed by atoms with E-state index in [1.54, 1.807) is 0 Å². The average molecular weight is 275 g/mol. The molecule has 0 amide bonds. The highest BCUT2D eigenvalue weighted by molar-refractivity contribution is 5.72. The minimum Gasteiger partial charge on any atom is -0.376 e. The molecule has 2 aliphatic rings. The number of benzene rings is 2. The Balaban J connectivity index is 1.83. The number of ether oxygens (including phenoxy) is 1. The number of hydrogen-bond acceptors (Lipinski definition) is 2. The lowest BCUT2D eigenvalue weighted by Crippen LogP contribution is -2.10. The zero-order chi connectivity index (χ0) is 14.3. The van der Waals surface area contributed by atoms with E-state index in [2.05, 4.69) is 42.5 Å². The van der Waals surface area contributed by atoms with Crippen LogP contribution >= 0.6 is 0 Å². The largest absolute Gasteiger partial charge is 0.376 e. The lowest BCUT2D eigenvalue weighted by Gasteiger charge is -2.19. The summed E-state index contributed by atoms with van der Waals surface area (Å²) in [5, 5.41) is 9.51. The maximum absolute atomic E-state index is 9.51. The zero-order valence-electron chi connectivity index (χ0n) is 11.9. The van der Waals surface area contributed by atoms with Crippen LogP contribution in [0.4, 0.5) is 0 Å². The van der Waals surface area contributed by atoms with Crippen LogP contribution in [0.2, 0.25) is 0 Å². The molecule has 1 fully saturated rings. The van der Waals surface area contributed by atoms with Crippen LogP contribution in [0.15, 0.2) is 42.5 Å². The SMILES string of the molecule is N#CC1(c2ccccc2-c2ccc3c(c2)CCOC3)CC1. The van der Waals surface area contributed by atoms with Crippen molar-refractivity contribution in [1.82, 2.24) is 0 Å². The van der Waals surface area contributed by atoms with Crippen LogP contribution < -0.4 is 0 Å². The molecule has 21 heavy (non-hydrogen) atoms. The first-order valence-corrected chi connectivity index (χ1v) is 7.53. The van der Waals surface area contributed by atoms with Crippen molar-refractivity contribution >= 4 is 0 Å². The summed E-state index contributed by atoms with van der Waals surface area (Å²) in [5.74, 6) is 0. The predicted molar refractivity (Wildman–Crippen MR) is 81.8 cm³/mol. The van der Waals surface area contributed by atoms with Crippen LogP contribution in [0.3, 0.4) is 0 Å². The fourth-order valence-corrected chi connectivity index (χ4v) is 3.25. The minimum atomic E-state index is -0.240. The summed E-state index contributed by atoms with van der Waals surface area (Å²) in [5.41, 5.74) is 6.08. The van der Waals surface area contributed by atoms with Gasteiger partial charge in [-0.1, -0.05) is 42.5 Å². The van der Waals surface area contributed by atoms with E-state index < -0.39 is 0 Å². The monoisotopic (exact) mass is 275 g/mol. The van der Waals surface area contributed by atoms with Gasteiger partial charge >= 0.3 is 0 Å². The Morgan fingerprint density at radius 2 is 1.90 bits per heavy atom. The Hall–Kier alpha value is -2.11. The van der Waals surface area contributed by atoms with Gasteiger partial charge in [-0.2, -0.15) is 5.26 Å². The maximum Gasteiger partial charge on any atom is 0.0829 e. The molecule has 0 spiro atoms. The number of rotatable bonds is 2. The highest BCUT2D eigenvalue weighted by atomic mass is 16.5. The van der Waals surface area contributed by atoms with Crippen LogP contribution in [0.5, 0.6) is 0 Å². The van der Waals surface area contributed by atoms with Crippen molar-refractivity contribution in [2.75, 3.05) is 6.61 Å². The number of hydrogen-bond donors (Lipinski definition) is 0. The molecule has 1 saturated carbocycles. The number of nitriles is 1. The molecule has 2 aromatic carbocycles. The second kappa shape index (κ2) is 4.72. The fraction of sp³-hybridized carbons (Fsp3) is 0.316. The molecule has 0 bridgehead atoms. The summed E-state index contributed by atoms with van der Waals surface area (Å²) >= 11 is 0. The number of fused-ring (bicyclic) bond motifs is 1. The summed E-state index contributed by atoms with van der Waals surface area (Å²) in [6, 6.07) is 17.5. The van der Waals surface area contributed by atoms with Gasteiger partial charge in [0.25, 0.3) is 0 Å². The molecule has 0 radical (unpaired) electrons. The summed E-state index contributed by atoms with van der Waals surface area (Å²) in [7, 11) is 0. The molecule has 1 aliphatic carbocycles. The molecule has 0 unspecified atom stereocenters. The van der Waals surface area contributed by atoms with Crippen molar-refractivity contribution < 1.29 is 4.74 Å². The third-order valence-electron chi connectivity index (χ3n) is 4.70. The molecule has 0 atom stereocenters. The highest BCUT2D eigenvalue weighted by Gasteiger charge is 2.46. The molecule has 2 heteroatoms. The van der Waals surface area contributed by atoms with Gasteiger partial charge in [-0.25, -0.2) is 0 Å². The molecule has 104 valence electrons. The fourth-order valence-electron chi connectivity index (χ4n) is 3.25. The van der Waals surface area contributed by atoms with Gasteiger partial charge in [0.2, 0.25) is 0 Å². The third kappa shape index (κ3) is 2.05. The van der Waals surface area contributed by atoms with Crippen LogP contribution in [0.1, 0.15) is 29.5 Å². The minimum absolute atomic E-state index is 0.240. The van der Waals surface area contributed by atoms with Gasteiger partial charge in [0.1, 0.15) is 0 Å². The van der Waals surface area contributed by atoms with E-state index in [9.17, 15) is 5.26 Å². The topological polar surface area (TPSA) is 33.0 Å². The average Bonchev–Trinajstić information content (AvgIpc) is 3.36. The molecule has 0 N–H and O–H groups in total. The van der Waals surface area contributed by atoms with E-state index in [4.69, 9.17) is 4.74 Å². The highest BCUT2D eigenvalue weighted by Crippen LogP contribution is 2.50. The van der Waals surface area contributed by atoms with Gasteiger partial charge in [0, 0.05) is 0 Å². The van der Waals surface area contributed by atoms with Crippen LogP contribution in [-0.4, -0.2) is 6.61 Å². The first kappa shape index (κ1) is 12.6. The van der Waals surface area contributed by atoms with Gasteiger partial charge in [-0.05, 0) is 47.1 Å². The summed E-state index contributed by atoms with van der Waals surface area (Å²) in [6.45, 7) is 1.53. The second-order valence-electron chi connectivity index (χ2n) is 6.03. The molecule has 4 rings (SSSR count). The van der Waals surface area contributed by atoms with E-state index in [1.165, 1.54) is 27.8 Å². The summed E-state index contributed by atoms with van der Waals surface area (Å²) in [4.78, 5) is 0. The van der Waals surface area contributed by atoms with Crippen LogP contribution in [0, 0.1) is 11.3 Å². The smallest absolute Gasteiger partial charge is 0.0829 e. The third-order valence-corrected chi connectivity index (χ3v) is 4.70. The summed E-state index contributed by atoms with van der Waals surface area (Å²) < 4.78 is 5.50. The predicted octanol–water partition coefficient (Wildman–Crippen LogP) is 3.98. The van der Waals surface area contributed by atoms with Gasteiger partial charge < -0.3 is 4.74 Å². The zero-order valence-corrected chi connectivity index (χ0v) is 11.9. The lowest BCUT2D eigenvalue weighted by atomic mass is 9.87. The molecule has 0 saturated heterocycles. The van der Waals surface area contributed by atoms with E-state index >= 15 is 0 Å². The van der Waals surface area contributed by atoms with Crippen molar-refractivity contribution in [3.05, 3.63) is 59.2 Å². The van der Waals surface area contributed by atoms with Gasteiger partial charge in [0.05, 0.1) is 24.7 Å². The normalized spacial score (nSPS) is 18.6. The second-order valence-corrected chi connectivity index (χ2v) is 6.03. The molecule has 0 aromatic heterocycles. The van der Waals surface area contributed by atoms with E-state index in [-0.39, 0.29) is 5.41 Å². The van der Waals surface area contributed by atoms with Gasteiger partial charge in [-0.15, -0.1) is 0 Å². The van der Waals surface area contributed by atoms with Crippen LogP contribution in [0.25, 0.3) is 11.1 Å². The molecule has 1 heterocycles. The molecule has 2 aromatic rings. The Kier molecular flexibility index (Phi) is 2.83. The Morgan fingerprint density at radius 1 is 1.05 bits per heavy atom. The Labute approximate surface area is 125 Å². The Bertz CT molecular complexity index is 737. The molecule has 2 nitrogen and oxygen atoms in total. The van der Waals surface area contributed by atoms with Crippen molar-refractivity contribution in [1.29, 1.82) is 5.26 Å². The first-order valence-electron chi connectivity index (χ1n) is 7.53. The van der Waals surface area contributed by atoms with Crippen molar-refractivity contribution in [3.8, 4) is 17.2 Å². The standard InChI is InChI=1S/C19H17NO/c20-13-19(8-9-19)18-4-2-1-3-17(18)15-5-6-16-12-21-10-7-14(16)11-15/h1-6,11H,7-10,12H2. The quantitative estimate of drug-likeness (QED) is 0.830. The van der Waals surface area contributed by atoms with Crippen LogP contribution in [-0.2, 0) is 23.2 Å². The van der Waals surface area contributed by atoms with E-state index in [0.29, 0.717) is 0 Å². The van der Waals surface area contributed by atoms with Crippen molar-refractivity contribution in [2.24, 2.45) is 0 Å². The van der Waals surface area contributed by atoms with E-state index in [1.807, 2.05) is 6.07 Å². The Morgan fingerprint density at radius 3 is 2.71 bits per heavy atom. The van der Waals surface area contributed by atoms with Gasteiger partial charge in [-0.3, -0.25) is 0 Å². The van der Waals surface area contributed by atoms with Gasteiger partial charge in [0.15, 0.2) is 0 Å². The van der Waals surface area contributed by atoms with E-state index in [0.717, 1.165) is 32.5 Å². The maximum atomic E-state index is 9.51. The first-order chi connectivity index (χ1) is 10.3. The summed E-state index contributed by atoms with van der Waals surface area (Å²) in [6.07, 6.45) is 2.95. The molecule has 1 aliphatic heterocycles. The molecular weight excluding hydrogens is 258 g/mol. The van der Waals surface area contributed by atoms with Crippen molar-refractivity contribution in [3.63, 3.8) is 0 Å².